The van der Waals surface area contributed by atoms with Crippen LogP contribution in [0.1, 0.15) is 11.1 Å². The summed E-state index contributed by atoms with van der Waals surface area (Å²) in [7, 11) is 0. The summed E-state index contributed by atoms with van der Waals surface area (Å²) >= 11 is 6.78. The molecule has 21 heavy (non-hydrogen) atoms. The van der Waals surface area contributed by atoms with Crippen LogP contribution >= 0.6 is 31.9 Å². The molecule has 2 aromatic rings. The van der Waals surface area contributed by atoms with Gasteiger partial charge in [-0.1, -0.05) is 62.2 Å². The van der Waals surface area contributed by atoms with Crippen LogP contribution in [0.3, 0.4) is 0 Å². The van der Waals surface area contributed by atoms with Gasteiger partial charge in [0.15, 0.2) is 11.6 Å². The van der Waals surface area contributed by atoms with Crippen molar-refractivity contribution in [1.29, 1.82) is 0 Å². The van der Waals surface area contributed by atoms with Crippen molar-refractivity contribution < 1.29 is 13.2 Å². The molecule has 0 fully saturated rings. The van der Waals surface area contributed by atoms with E-state index in [2.05, 4.69) is 31.9 Å². The Morgan fingerprint density at radius 2 is 1.43 bits per heavy atom. The molecular weight excluding hydrogens is 409 g/mol. The standard InChI is InChI=1S/C16H13Br2F3/c17-9-16(10-18,12-5-1-2-6-13(12)19)8-11-4-3-7-14(20)15(11)21/h1-7H,8-10H2. The van der Waals surface area contributed by atoms with Crippen LogP contribution in [0.25, 0.3) is 0 Å². The van der Waals surface area contributed by atoms with Crippen LogP contribution in [0.15, 0.2) is 42.5 Å². The molecular formula is C16H13Br2F3. The quantitative estimate of drug-likeness (QED) is 0.569. The predicted molar refractivity (Wildman–Crippen MR) is 85.7 cm³/mol. The first-order valence-electron chi connectivity index (χ1n) is 6.34. The largest absolute Gasteiger partial charge is 0.207 e. The van der Waals surface area contributed by atoms with E-state index >= 15 is 0 Å². The van der Waals surface area contributed by atoms with Gasteiger partial charge in [-0.25, -0.2) is 13.2 Å². The van der Waals surface area contributed by atoms with Crippen LogP contribution in [0.4, 0.5) is 13.2 Å². The molecule has 2 aromatic carbocycles. The van der Waals surface area contributed by atoms with E-state index in [-0.39, 0.29) is 17.8 Å². The first kappa shape index (κ1) is 16.6. The van der Waals surface area contributed by atoms with Gasteiger partial charge >= 0.3 is 0 Å². The van der Waals surface area contributed by atoms with Crippen LogP contribution in [0.5, 0.6) is 0 Å². The van der Waals surface area contributed by atoms with Gasteiger partial charge in [0.25, 0.3) is 0 Å². The molecule has 0 aliphatic carbocycles. The zero-order chi connectivity index (χ0) is 15.5. The third kappa shape index (κ3) is 3.34. The topological polar surface area (TPSA) is 0 Å². The van der Waals surface area contributed by atoms with Crippen LogP contribution in [0.2, 0.25) is 0 Å². The summed E-state index contributed by atoms with van der Waals surface area (Å²) in [5.74, 6) is -2.12. The van der Waals surface area contributed by atoms with Gasteiger partial charge in [-0.05, 0) is 29.7 Å². The van der Waals surface area contributed by atoms with Crippen LogP contribution < -0.4 is 0 Å². The van der Waals surface area contributed by atoms with Crippen LogP contribution in [0, 0.1) is 17.5 Å². The van der Waals surface area contributed by atoms with Gasteiger partial charge in [-0.2, -0.15) is 0 Å². The molecule has 0 bridgehead atoms. The molecule has 0 amide bonds. The lowest BCUT2D eigenvalue weighted by atomic mass is 9.78. The fourth-order valence-corrected chi connectivity index (χ4v) is 4.24. The summed E-state index contributed by atoms with van der Waals surface area (Å²) < 4.78 is 41.4. The van der Waals surface area contributed by atoms with Crippen molar-refractivity contribution in [2.75, 3.05) is 10.7 Å². The lowest BCUT2D eigenvalue weighted by Gasteiger charge is -2.31. The molecule has 2 rings (SSSR count). The Hall–Kier alpha value is -0.810. The Bertz CT molecular complexity index is 625. The zero-order valence-corrected chi connectivity index (χ0v) is 14.2. The van der Waals surface area contributed by atoms with E-state index in [0.29, 0.717) is 16.2 Å². The van der Waals surface area contributed by atoms with Crippen molar-refractivity contribution in [2.24, 2.45) is 0 Å². The maximum atomic E-state index is 14.1. The molecule has 0 unspecified atom stereocenters. The lowest BCUT2D eigenvalue weighted by molar-refractivity contribution is 0.464. The Labute approximate surface area is 138 Å². The third-order valence-corrected chi connectivity index (χ3v) is 5.66. The first-order valence-corrected chi connectivity index (χ1v) is 8.58. The average Bonchev–Trinajstić information content (AvgIpc) is 2.50. The second kappa shape index (κ2) is 6.97. The van der Waals surface area contributed by atoms with Crippen molar-refractivity contribution in [3.05, 3.63) is 71.0 Å². The highest BCUT2D eigenvalue weighted by atomic mass is 79.9. The minimum Gasteiger partial charge on any atom is -0.207 e. The summed E-state index contributed by atoms with van der Waals surface area (Å²) in [4.78, 5) is 0. The molecule has 0 N–H and O–H groups in total. The maximum absolute atomic E-state index is 14.1. The highest BCUT2D eigenvalue weighted by molar-refractivity contribution is 9.09. The van der Waals surface area contributed by atoms with E-state index in [4.69, 9.17) is 0 Å². The Morgan fingerprint density at radius 3 is 2.05 bits per heavy atom. The number of benzene rings is 2. The smallest absolute Gasteiger partial charge is 0.162 e. The molecule has 0 aromatic heterocycles. The summed E-state index contributed by atoms with van der Waals surface area (Å²) in [6.07, 6.45) is 0.189. The molecule has 0 aliphatic rings. The second-order valence-corrected chi connectivity index (χ2v) is 6.04. The molecule has 112 valence electrons. The Morgan fingerprint density at radius 1 is 0.810 bits per heavy atom. The third-order valence-electron chi connectivity index (χ3n) is 3.52. The lowest BCUT2D eigenvalue weighted by Crippen LogP contribution is -2.34. The van der Waals surface area contributed by atoms with Crippen molar-refractivity contribution in [1.82, 2.24) is 0 Å². The van der Waals surface area contributed by atoms with E-state index in [9.17, 15) is 13.2 Å². The van der Waals surface area contributed by atoms with Crippen molar-refractivity contribution >= 4 is 31.9 Å². The van der Waals surface area contributed by atoms with Gasteiger partial charge < -0.3 is 0 Å². The molecule has 5 heteroatoms. The Kier molecular flexibility index (Phi) is 5.49. The summed E-state index contributed by atoms with van der Waals surface area (Å²) in [6, 6.07) is 10.5. The highest BCUT2D eigenvalue weighted by Gasteiger charge is 2.34. The van der Waals surface area contributed by atoms with Gasteiger partial charge in [0.05, 0.1) is 0 Å². The number of halogens is 5. The normalized spacial score (nSPS) is 11.7. The molecule has 0 radical (unpaired) electrons. The molecule has 0 nitrogen and oxygen atoms in total. The van der Waals surface area contributed by atoms with Gasteiger partial charge in [-0.3, -0.25) is 0 Å². The monoisotopic (exact) mass is 420 g/mol. The van der Waals surface area contributed by atoms with Gasteiger partial charge in [0.1, 0.15) is 5.82 Å². The van der Waals surface area contributed by atoms with E-state index in [1.807, 2.05) is 0 Å². The minimum absolute atomic E-state index is 0.189. The average molecular weight is 422 g/mol. The van der Waals surface area contributed by atoms with Gasteiger partial charge in [0, 0.05) is 16.1 Å². The fourth-order valence-electron chi connectivity index (χ4n) is 2.31. The summed E-state index contributed by atoms with van der Waals surface area (Å²) in [5, 5.41) is 0.838. The van der Waals surface area contributed by atoms with Crippen molar-refractivity contribution in [3.8, 4) is 0 Å². The molecule has 0 atom stereocenters. The van der Waals surface area contributed by atoms with E-state index < -0.39 is 17.0 Å². The summed E-state index contributed by atoms with van der Waals surface area (Å²) in [6.45, 7) is 0. The minimum atomic E-state index is -0.890. The SMILES string of the molecule is Fc1ccccc1C(CBr)(CBr)Cc1cccc(F)c1F. The number of hydrogen-bond donors (Lipinski definition) is 0. The maximum Gasteiger partial charge on any atom is 0.162 e. The molecule has 0 spiro atoms. The predicted octanol–water partition coefficient (Wildman–Crippen LogP) is 5.37. The Balaban J connectivity index is 2.49. The highest BCUT2D eigenvalue weighted by Crippen LogP contribution is 2.35. The molecule has 0 saturated carbocycles. The van der Waals surface area contributed by atoms with E-state index in [0.717, 1.165) is 6.07 Å². The van der Waals surface area contributed by atoms with E-state index in [1.165, 1.54) is 18.2 Å². The van der Waals surface area contributed by atoms with E-state index in [1.54, 1.807) is 18.2 Å². The first-order chi connectivity index (χ1) is 10.0. The number of rotatable bonds is 5. The van der Waals surface area contributed by atoms with Crippen molar-refractivity contribution in [2.45, 2.75) is 11.8 Å². The van der Waals surface area contributed by atoms with Gasteiger partial charge in [-0.15, -0.1) is 0 Å². The van der Waals surface area contributed by atoms with Crippen molar-refractivity contribution in [3.63, 3.8) is 0 Å². The summed E-state index contributed by atoms with van der Waals surface area (Å²) in [5.41, 5.74) is 0.0135. The number of alkyl halides is 2. The molecule has 0 saturated heterocycles. The molecule has 0 aliphatic heterocycles. The fraction of sp³-hybridized carbons (Fsp3) is 0.250. The zero-order valence-electron chi connectivity index (χ0n) is 11.1. The van der Waals surface area contributed by atoms with Crippen LogP contribution in [-0.4, -0.2) is 10.7 Å². The van der Waals surface area contributed by atoms with Crippen LogP contribution in [-0.2, 0) is 11.8 Å². The second-order valence-electron chi connectivity index (χ2n) is 4.92. The molecule has 0 heterocycles. The van der Waals surface area contributed by atoms with Gasteiger partial charge in [0.2, 0.25) is 0 Å². The number of hydrogen-bond acceptors (Lipinski definition) is 0.